The van der Waals surface area contributed by atoms with Crippen LogP contribution in [0.5, 0.6) is 0 Å². The van der Waals surface area contributed by atoms with Crippen molar-refractivity contribution in [1.29, 1.82) is 5.26 Å². The van der Waals surface area contributed by atoms with Crippen molar-refractivity contribution in [3.05, 3.63) is 82.2 Å². The zero-order chi connectivity index (χ0) is 34.4. The summed E-state index contributed by atoms with van der Waals surface area (Å²) in [6.45, 7) is 9.88. The SMILES string of the molecule is CCN(C)CC(=O)N1Cc2nc(-c3cccc(-c4cccc(-c5nc6cc(CN7CC[C@@H](C(=O)O)C7)cc(C#N)c6o5)c4C)c3C)oc2C1. The number of carbonyl (C=O) groups is 2. The highest BCUT2D eigenvalue weighted by atomic mass is 16.4. The number of carboxylic acid groups (broad SMARTS) is 1. The molecule has 7 rings (SSSR count). The van der Waals surface area contributed by atoms with Crippen LogP contribution in [0.25, 0.3) is 45.1 Å². The molecule has 4 heterocycles. The Kier molecular flexibility index (Phi) is 8.52. The van der Waals surface area contributed by atoms with Crippen molar-refractivity contribution in [1.82, 2.24) is 24.7 Å². The van der Waals surface area contributed by atoms with Crippen molar-refractivity contribution < 1.29 is 23.5 Å². The summed E-state index contributed by atoms with van der Waals surface area (Å²) in [4.78, 5) is 39.7. The quantitative estimate of drug-likeness (QED) is 0.200. The Balaban J connectivity index is 1.16. The molecule has 3 aromatic carbocycles. The molecular formula is C38H38N6O5. The number of hydrogen-bond donors (Lipinski definition) is 1. The van der Waals surface area contributed by atoms with Gasteiger partial charge in [-0.1, -0.05) is 31.2 Å². The maximum Gasteiger partial charge on any atom is 0.307 e. The normalized spacial score (nSPS) is 16.1. The average Bonchev–Trinajstić information content (AvgIpc) is 3.88. The first-order valence-corrected chi connectivity index (χ1v) is 16.6. The molecule has 11 nitrogen and oxygen atoms in total. The zero-order valence-electron chi connectivity index (χ0n) is 28.1. The Hall–Kier alpha value is -5.31. The Morgan fingerprint density at radius 3 is 2.29 bits per heavy atom. The highest BCUT2D eigenvalue weighted by Gasteiger charge is 2.31. The van der Waals surface area contributed by atoms with Gasteiger partial charge in [0.2, 0.25) is 17.7 Å². The van der Waals surface area contributed by atoms with E-state index in [0.29, 0.717) is 74.1 Å². The molecule has 49 heavy (non-hydrogen) atoms. The Labute approximate surface area is 284 Å². The molecule has 2 aliphatic rings. The van der Waals surface area contributed by atoms with Crippen LogP contribution in [0.15, 0.2) is 57.4 Å². The van der Waals surface area contributed by atoms with Crippen LogP contribution in [0.2, 0.25) is 0 Å². The fraction of sp³-hybridized carbons (Fsp3) is 0.342. The van der Waals surface area contributed by atoms with Crippen LogP contribution in [-0.4, -0.2) is 74.9 Å². The van der Waals surface area contributed by atoms with Crippen molar-refractivity contribution in [2.75, 3.05) is 33.2 Å². The summed E-state index contributed by atoms with van der Waals surface area (Å²) in [7, 11) is 1.93. The monoisotopic (exact) mass is 658 g/mol. The number of amides is 1. The second-order valence-electron chi connectivity index (χ2n) is 13.1. The third-order valence-corrected chi connectivity index (χ3v) is 9.87. The molecule has 250 valence electrons. The lowest BCUT2D eigenvalue weighted by Crippen LogP contribution is -2.35. The molecule has 1 fully saturated rings. The zero-order valence-corrected chi connectivity index (χ0v) is 28.1. The number of fused-ring (bicyclic) bond motifs is 2. The van der Waals surface area contributed by atoms with E-state index in [1.165, 1.54) is 0 Å². The van der Waals surface area contributed by atoms with Gasteiger partial charge < -0.3 is 18.8 Å². The molecule has 0 aliphatic carbocycles. The van der Waals surface area contributed by atoms with E-state index in [4.69, 9.17) is 18.8 Å². The van der Waals surface area contributed by atoms with Crippen molar-refractivity contribution in [2.24, 2.45) is 5.92 Å². The summed E-state index contributed by atoms with van der Waals surface area (Å²) in [6, 6.07) is 18.1. The molecule has 0 spiro atoms. The van der Waals surface area contributed by atoms with E-state index < -0.39 is 5.97 Å². The number of aromatic nitrogens is 2. The second kappa shape index (κ2) is 13.0. The van der Waals surface area contributed by atoms with Gasteiger partial charge in [-0.3, -0.25) is 19.4 Å². The number of nitriles is 1. The van der Waals surface area contributed by atoms with Crippen LogP contribution >= 0.6 is 0 Å². The number of benzene rings is 3. The molecule has 0 unspecified atom stereocenters. The summed E-state index contributed by atoms with van der Waals surface area (Å²) < 4.78 is 12.5. The fourth-order valence-corrected chi connectivity index (χ4v) is 6.91. The Bertz CT molecular complexity index is 2120. The molecule has 5 aromatic rings. The van der Waals surface area contributed by atoms with E-state index in [-0.39, 0.29) is 11.8 Å². The van der Waals surface area contributed by atoms with Gasteiger partial charge in [0.05, 0.1) is 31.1 Å². The molecule has 0 saturated carbocycles. The van der Waals surface area contributed by atoms with Crippen LogP contribution in [-0.2, 0) is 29.2 Å². The molecule has 11 heteroatoms. The largest absolute Gasteiger partial charge is 0.481 e. The van der Waals surface area contributed by atoms with E-state index in [2.05, 4.69) is 30.0 Å². The van der Waals surface area contributed by atoms with E-state index >= 15 is 0 Å². The number of aliphatic carboxylic acids is 1. The average molecular weight is 659 g/mol. The number of carbonyl (C=O) groups excluding carboxylic acids is 1. The summed E-state index contributed by atoms with van der Waals surface area (Å²) in [5.74, 6) is 0.627. The number of carboxylic acids is 1. The van der Waals surface area contributed by atoms with E-state index in [0.717, 1.165) is 56.9 Å². The lowest BCUT2D eigenvalue weighted by molar-refractivity contribution is -0.141. The molecule has 0 bridgehead atoms. The Morgan fingerprint density at radius 1 is 1.00 bits per heavy atom. The smallest absolute Gasteiger partial charge is 0.307 e. The van der Waals surface area contributed by atoms with Gasteiger partial charge in [0.15, 0.2) is 5.58 Å². The Morgan fingerprint density at radius 2 is 1.67 bits per heavy atom. The first kappa shape index (κ1) is 32.2. The van der Waals surface area contributed by atoms with Gasteiger partial charge in [-0.2, -0.15) is 5.26 Å². The van der Waals surface area contributed by atoms with Crippen molar-refractivity contribution in [3.63, 3.8) is 0 Å². The summed E-state index contributed by atoms with van der Waals surface area (Å²) in [5, 5.41) is 19.4. The fourth-order valence-electron chi connectivity index (χ4n) is 6.91. The van der Waals surface area contributed by atoms with Crippen LogP contribution < -0.4 is 0 Å². The van der Waals surface area contributed by atoms with Crippen molar-refractivity contribution in [3.8, 4) is 40.1 Å². The van der Waals surface area contributed by atoms with Gasteiger partial charge in [-0.25, -0.2) is 9.97 Å². The number of likely N-dealkylation sites (N-methyl/N-ethyl adjacent to an activating group) is 1. The highest BCUT2D eigenvalue weighted by Crippen LogP contribution is 2.39. The molecule has 1 atom stereocenters. The topological polar surface area (TPSA) is 140 Å². The third kappa shape index (κ3) is 6.09. The standard InChI is InChI=1S/C38H38N6O5/c1-5-42(4)21-34(45)44-19-32-33(20-44)48-36(41-32)29-10-6-8-27(22(29)2)28-9-7-11-30(23(28)3)37-40-31-15-24(14-26(16-39)35(31)49-37)17-43-13-12-25(18-43)38(46)47/h6-11,14-15,25H,5,12-13,17-21H2,1-4H3,(H,46,47)/t25-/m1/s1. The van der Waals surface area contributed by atoms with Gasteiger partial charge in [0, 0.05) is 24.2 Å². The van der Waals surface area contributed by atoms with Crippen LogP contribution in [0.3, 0.4) is 0 Å². The summed E-state index contributed by atoms with van der Waals surface area (Å²) in [6.07, 6.45) is 0.618. The van der Waals surface area contributed by atoms with Gasteiger partial charge >= 0.3 is 5.97 Å². The minimum Gasteiger partial charge on any atom is -0.481 e. The van der Waals surface area contributed by atoms with Crippen LogP contribution in [0, 0.1) is 31.1 Å². The van der Waals surface area contributed by atoms with E-state index in [1.54, 1.807) is 4.90 Å². The van der Waals surface area contributed by atoms with Gasteiger partial charge in [-0.05, 0) is 92.5 Å². The minimum atomic E-state index is -0.769. The lowest BCUT2D eigenvalue weighted by atomic mass is 9.91. The molecule has 1 saturated heterocycles. The molecule has 1 N–H and O–H groups in total. The molecule has 2 aliphatic heterocycles. The van der Waals surface area contributed by atoms with Crippen molar-refractivity contribution in [2.45, 2.75) is 46.8 Å². The van der Waals surface area contributed by atoms with Gasteiger partial charge in [-0.15, -0.1) is 0 Å². The van der Waals surface area contributed by atoms with Crippen molar-refractivity contribution >= 4 is 23.0 Å². The molecule has 0 radical (unpaired) electrons. The third-order valence-electron chi connectivity index (χ3n) is 9.87. The van der Waals surface area contributed by atoms with Crippen LogP contribution in [0.4, 0.5) is 0 Å². The van der Waals surface area contributed by atoms with Gasteiger partial charge in [0.25, 0.3) is 0 Å². The molecular weight excluding hydrogens is 620 g/mol. The number of oxazole rings is 2. The first-order chi connectivity index (χ1) is 23.6. The maximum absolute atomic E-state index is 12.7. The number of rotatable bonds is 9. The lowest BCUT2D eigenvalue weighted by Gasteiger charge is -2.19. The second-order valence-corrected chi connectivity index (χ2v) is 13.1. The molecule has 2 aromatic heterocycles. The summed E-state index contributed by atoms with van der Waals surface area (Å²) in [5.41, 5.74) is 8.86. The van der Waals surface area contributed by atoms with Gasteiger partial charge in [0.1, 0.15) is 23.0 Å². The summed E-state index contributed by atoms with van der Waals surface area (Å²) >= 11 is 0. The first-order valence-electron chi connectivity index (χ1n) is 16.6. The predicted octanol–water partition coefficient (Wildman–Crippen LogP) is 6.01. The highest BCUT2D eigenvalue weighted by molar-refractivity contribution is 5.85. The van der Waals surface area contributed by atoms with E-state index in [9.17, 15) is 20.0 Å². The number of hydrogen-bond acceptors (Lipinski definition) is 9. The van der Waals surface area contributed by atoms with Crippen LogP contribution in [0.1, 0.15) is 47.1 Å². The molecule has 1 amide bonds. The predicted molar refractivity (Wildman–Crippen MR) is 183 cm³/mol. The maximum atomic E-state index is 12.7. The number of nitrogens with zero attached hydrogens (tertiary/aromatic N) is 6. The minimum absolute atomic E-state index is 0.0635. The van der Waals surface area contributed by atoms with E-state index in [1.807, 2.05) is 62.2 Å². The number of likely N-dealkylation sites (tertiary alicyclic amines) is 1.